The smallest absolute Gasteiger partial charge is 0.226 e. The van der Waals surface area contributed by atoms with Crippen molar-refractivity contribution in [2.45, 2.75) is 38.6 Å². The van der Waals surface area contributed by atoms with Crippen LogP contribution < -0.4 is 10.0 Å². The third kappa shape index (κ3) is 4.17. The summed E-state index contributed by atoms with van der Waals surface area (Å²) in [6.07, 6.45) is 3.45. The van der Waals surface area contributed by atoms with Gasteiger partial charge in [0.25, 0.3) is 0 Å². The molecule has 1 unspecified atom stereocenters. The van der Waals surface area contributed by atoms with Crippen molar-refractivity contribution >= 4 is 15.9 Å². The van der Waals surface area contributed by atoms with Crippen molar-refractivity contribution in [1.29, 1.82) is 0 Å². The molecule has 0 saturated carbocycles. The molecule has 0 aromatic rings. The van der Waals surface area contributed by atoms with E-state index >= 15 is 0 Å². The van der Waals surface area contributed by atoms with Crippen molar-refractivity contribution in [2.24, 2.45) is 5.92 Å². The normalized spacial score (nSPS) is 25.6. The van der Waals surface area contributed by atoms with Crippen LogP contribution in [-0.4, -0.2) is 57.2 Å². The fraction of sp³-hybridized carbons (Fsp3) is 0.923. The summed E-state index contributed by atoms with van der Waals surface area (Å²) in [6.45, 7) is 4.74. The lowest BCUT2D eigenvalue weighted by Gasteiger charge is -2.35. The van der Waals surface area contributed by atoms with Gasteiger partial charge in [-0.1, -0.05) is 0 Å². The summed E-state index contributed by atoms with van der Waals surface area (Å²) >= 11 is 0. The van der Waals surface area contributed by atoms with Crippen molar-refractivity contribution in [2.75, 3.05) is 31.9 Å². The fourth-order valence-corrected chi connectivity index (χ4v) is 3.79. The van der Waals surface area contributed by atoms with Crippen molar-refractivity contribution in [3.63, 3.8) is 0 Å². The standard InChI is InChI=1S/C13H25N3O3S/c1-2-20(18,19)15-12-5-8-16(9-6-12)13(17)11-4-3-7-14-10-11/h11-12,14-15H,2-10H2,1H3. The van der Waals surface area contributed by atoms with Gasteiger partial charge in [0.15, 0.2) is 0 Å². The van der Waals surface area contributed by atoms with Gasteiger partial charge < -0.3 is 10.2 Å². The number of hydrogen-bond donors (Lipinski definition) is 2. The molecule has 0 aromatic heterocycles. The highest BCUT2D eigenvalue weighted by atomic mass is 32.2. The van der Waals surface area contributed by atoms with Crippen LogP contribution in [-0.2, 0) is 14.8 Å². The molecule has 2 aliphatic rings. The fourth-order valence-electron chi connectivity index (χ4n) is 2.88. The van der Waals surface area contributed by atoms with E-state index < -0.39 is 10.0 Å². The zero-order valence-corrected chi connectivity index (χ0v) is 12.9. The summed E-state index contributed by atoms with van der Waals surface area (Å²) in [7, 11) is -3.14. The van der Waals surface area contributed by atoms with Crippen LogP contribution in [0.15, 0.2) is 0 Å². The van der Waals surface area contributed by atoms with Crippen LogP contribution >= 0.6 is 0 Å². The zero-order chi connectivity index (χ0) is 14.6. The molecule has 0 radical (unpaired) electrons. The molecule has 2 aliphatic heterocycles. The summed E-state index contributed by atoms with van der Waals surface area (Å²) < 4.78 is 25.8. The highest BCUT2D eigenvalue weighted by Gasteiger charge is 2.30. The van der Waals surface area contributed by atoms with Gasteiger partial charge in [0.05, 0.1) is 11.7 Å². The van der Waals surface area contributed by atoms with E-state index in [-0.39, 0.29) is 23.6 Å². The quantitative estimate of drug-likeness (QED) is 0.761. The summed E-state index contributed by atoms with van der Waals surface area (Å²) in [5.41, 5.74) is 0. The van der Waals surface area contributed by atoms with Gasteiger partial charge in [-0.15, -0.1) is 0 Å². The maximum atomic E-state index is 12.3. The molecule has 0 aromatic carbocycles. The number of sulfonamides is 1. The Labute approximate surface area is 121 Å². The molecule has 7 heteroatoms. The topological polar surface area (TPSA) is 78.5 Å². The van der Waals surface area contributed by atoms with Crippen molar-refractivity contribution < 1.29 is 13.2 Å². The highest BCUT2D eigenvalue weighted by molar-refractivity contribution is 7.89. The van der Waals surface area contributed by atoms with Gasteiger partial charge in [-0.05, 0) is 39.2 Å². The largest absolute Gasteiger partial charge is 0.342 e. The Morgan fingerprint density at radius 1 is 1.30 bits per heavy atom. The van der Waals surface area contributed by atoms with Gasteiger partial charge >= 0.3 is 0 Å². The monoisotopic (exact) mass is 303 g/mol. The summed E-state index contributed by atoms with van der Waals surface area (Å²) in [5, 5.41) is 3.26. The Kier molecular flexibility index (Phi) is 5.40. The lowest BCUT2D eigenvalue weighted by Crippen LogP contribution is -2.50. The van der Waals surface area contributed by atoms with Crippen LogP contribution in [0.5, 0.6) is 0 Å². The Balaban J connectivity index is 1.80. The van der Waals surface area contributed by atoms with E-state index in [1.54, 1.807) is 6.92 Å². The minimum absolute atomic E-state index is 0.0199. The molecule has 6 nitrogen and oxygen atoms in total. The third-order valence-corrected chi connectivity index (χ3v) is 5.63. The summed E-state index contributed by atoms with van der Waals surface area (Å²) in [6, 6.07) is -0.0199. The first kappa shape index (κ1) is 15.7. The second kappa shape index (κ2) is 6.87. The number of carbonyl (C=O) groups excluding carboxylic acids is 1. The number of nitrogens with one attached hydrogen (secondary N) is 2. The molecule has 20 heavy (non-hydrogen) atoms. The molecule has 0 bridgehead atoms. The minimum Gasteiger partial charge on any atom is -0.342 e. The average molecular weight is 303 g/mol. The van der Waals surface area contributed by atoms with Crippen LogP contribution in [0.3, 0.4) is 0 Å². The lowest BCUT2D eigenvalue weighted by molar-refractivity contribution is -0.137. The van der Waals surface area contributed by atoms with Gasteiger partial charge in [-0.25, -0.2) is 13.1 Å². The highest BCUT2D eigenvalue weighted by Crippen LogP contribution is 2.18. The first-order chi connectivity index (χ1) is 9.52. The van der Waals surface area contributed by atoms with E-state index in [1.165, 1.54) is 0 Å². The minimum atomic E-state index is -3.14. The Bertz CT molecular complexity index is 424. The van der Waals surface area contributed by atoms with Gasteiger partial charge in [0.2, 0.25) is 15.9 Å². The average Bonchev–Trinajstić information content (AvgIpc) is 2.48. The Morgan fingerprint density at radius 3 is 2.55 bits per heavy atom. The number of hydrogen-bond acceptors (Lipinski definition) is 4. The maximum Gasteiger partial charge on any atom is 0.226 e. The summed E-state index contributed by atoms with van der Waals surface area (Å²) in [5.74, 6) is 0.446. The number of nitrogens with zero attached hydrogens (tertiary/aromatic N) is 1. The molecule has 2 N–H and O–H groups in total. The Hall–Kier alpha value is -0.660. The molecule has 1 atom stereocenters. The van der Waals surface area contributed by atoms with Gasteiger partial charge in [-0.2, -0.15) is 0 Å². The second-order valence-corrected chi connectivity index (χ2v) is 7.71. The maximum absolute atomic E-state index is 12.3. The SMILES string of the molecule is CCS(=O)(=O)NC1CCN(C(=O)C2CCCNC2)CC1. The molecule has 2 heterocycles. The molecule has 0 spiro atoms. The molecule has 0 aliphatic carbocycles. The van der Waals surface area contributed by atoms with E-state index in [9.17, 15) is 13.2 Å². The number of likely N-dealkylation sites (tertiary alicyclic amines) is 1. The molecular weight excluding hydrogens is 278 g/mol. The molecule has 2 fully saturated rings. The molecular formula is C13H25N3O3S. The predicted octanol–water partition coefficient (Wildman–Crippen LogP) is -0.0837. The van der Waals surface area contributed by atoms with Gasteiger partial charge in [0.1, 0.15) is 0 Å². The van der Waals surface area contributed by atoms with Crippen LogP contribution in [0.25, 0.3) is 0 Å². The van der Waals surface area contributed by atoms with Crippen molar-refractivity contribution in [1.82, 2.24) is 14.9 Å². The second-order valence-electron chi connectivity index (χ2n) is 5.66. The van der Waals surface area contributed by atoms with Gasteiger partial charge in [0, 0.05) is 25.7 Å². The first-order valence-electron chi connectivity index (χ1n) is 7.51. The van der Waals surface area contributed by atoms with E-state index in [2.05, 4.69) is 10.0 Å². The van der Waals surface area contributed by atoms with Crippen LogP contribution in [0.4, 0.5) is 0 Å². The van der Waals surface area contributed by atoms with Crippen LogP contribution in [0.2, 0.25) is 0 Å². The van der Waals surface area contributed by atoms with Crippen molar-refractivity contribution in [3.05, 3.63) is 0 Å². The number of carbonyl (C=O) groups is 1. The van der Waals surface area contributed by atoms with E-state index in [0.717, 1.165) is 25.9 Å². The van der Waals surface area contributed by atoms with Crippen molar-refractivity contribution in [3.8, 4) is 0 Å². The lowest BCUT2D eigenvalue weighted by atomic mass is 9.96. The summed E-state index contributed by atoms with van der Waals surface area (Å²) in [4.78, 5) is 14.2. The van der Waals surface area contributed by atoms with Gasteiger partial charge in [-0.3, -0.25) is 4.79 Å². The number of piperidine rings is 2. The molecule has 116 valence electrons. The van der Waals surface area contributed by atoms with Crippen LogP contribution in [0, 0.1) is 5.92 Å². The third-order valence-electron chi connectivity index (χ3n) is 4.18. The molecule has 2 saturated heterocycles. The van der Waals surface area contributed by atoms with Crippen LogP contribution in [0.1, 0.15) is 32.6 Å². The zero-order valence-electron chi connectivity index (χ0n) is 12.1. The van der Waals surface area contributed by atoms with E-state index in [1.807, 2.05) is 4.90 Å². The first-order valence-corrected chi connectivity index (χ1v) is 9.16. The Morgan fingerprint density at radius 2 is 2.00 bits per heavy atom. The number of rotatable bonds is 4. The number of amides is 1. The molecule has 2 rings (SSSR count). The predicted molar refractivity (Wildman–Crippen MR) is 77.8 cm³/mol. The van der Waals surface area contributed by atoms with E-state index in [4.69, 9.17) is 0 Å². The van der Waals surface area contributed by atoms with E-state index in [0.29, 0.717) is 25.9 Å². The molecule has 1 amide bonds.